The van der Waals surface area contributed by atoms with Crippen LogP contribution in [0.25, 0.3) is 0 Å². The fourth-order valence-electron chi connectivity index (χ4n) is 2.99. The molecule has 0 spiro atoms. The van der Waals surface area contributed by atoms with Crippen LogP contribution in [-0.2, 0) is 4.79 Å². The molecule has 2 rings (SSSR count). The molecule has 2 aliphatic rings. The van der Waals surface area contributed by atoms with E-state index in [-0.39, 0.29) is 0 Å². The Morgan fingerprint density at radius 1 is 1.28 bits per heavy atom. The summed E-state index contributed by atoms with van der Waals surface area (Å²) >= 11 is 4.95. The summed E-state index contributed by atoms with van der Waals surface area (Å²) < 4.78 is 0. The van der Waals surface area contributed by atoms with Gasteiger partial charge in [-0.2, -0.15) is 0 Å². The molecule has 2 saturated carbocycles. The van der Waals surface area contributed by atoms with Gasteiger partial charge in [-0.05, 0) is 31.6 Å². The molecule has 0 aromatic carbocycles. The predicted octanol–water partition coefficient (Wildman–Crippen LogP) is 2.48. The smallest absolute Gasteiger partial charge is 0.225 e. The van der Waals surface area contributed by atoms with Gasteiger partial charge < -0.3 is 10.6 Å². The zero-order valence-corrected chi connectivity index (χ0v) is 12.0. The Kier molecular flexibility index (Phi) is 4.60. The van der Waals surface area contributed by atoms with Gasteiger partial charge in [0, 0.05) is 24.9 Å². The molecule has 18 heavy (non-hydrogen) atoms. The Balaban J connectivity index is 2.01. The first-order valence-electron chi connectivity index (χ1n) is 7.18. The van der Waals surface area contributed by atoms with Crippen molar-refractivity contribution < 1.29 is 4.79 Å². The fraction of sp³-hybridized carbons (Fsp3) is 0.857. The van der Waals surface area contributed by atoms with Crippen molar-refractivity contribution in [3.05, 3.63) is 0 Å². The van der Waals surface area contributed by atoms with E-state index in [0.29, 0.717) is 35.2 Å². The molecule has 0 aromatic heterocycles. The molecule has 2 N–H and O–H groups in total. The van der Waals surface area contributed by atoms with Crippen LogP contribution >= 0.6 is 12.2 Å². The third kappa shape index (κ3) is 3.44. The van der Waals surface area contributed by atoms with Gasteiger partial charge in [-0.15, -0.1) is 0 Å². The molecule has 0 aromatic rings. The highest BCUT2D eigenvalue weighted by Crippen LogP contribution is 2.35. The minimum absolute atomic E-state index is 0.297. The SMILES string of the molecule is CC1CCCCC1N(CCC(N)=S)C(=O)C1CC1. The average molecular weight is 268 g/mol. The standard InChI is InChI=1S/C14H24N2OS/c1-10-4-2-3-5-12(10)16(9-8-13(15)18)14(17)11-6-7-11/h10-12H,2-9H2,1H3,(H2,15,18). The lowest BCUT2D eigenvalue weighted by atomic mass is 9.84. The highest BCUT2D eigenvalue weighted by molar-refractivity contribution is 7.80. The number of carbonyl (C=O) groups excluding carboxylic acids is 1. The van der Waals surface area contributed by atoms with Crippen LogP contribution in [0.4, 0.5) is 0 Å². The Morgan fingerprint density at radius 2 is 1.94 bits per heavy atom. The molecular weight excluding hydrogens is 244 g/mol. The summed E-state index contributed by atoms with van der Waals surface area (Å²) in [5.41, 5.74) is 5.59. The maximum absolute atomic E-state index is 12.4. The molecule has 2 fully saturated rings. The molecule has 0 saturated heterocycles. The van der Waals surface area contributed by atoms with Crippen LogP contribution < -0.4 is 5.73 Å². The molecule has 0 radical (unpaired) electrons. The molecule has 3 nitrogen and oxygen atoms in total. The second-order valence-corrected chi connectivity index (χ2v) is 6.38. The van der Waals surface area contributed by atoms with Crippen LogP contribution in [0.3, 0.4) is 0 Å². The number of amides is 1. The topological polar surface area (TPSA) is 46.3 Å². The van der Waals surface area contributed by atoms with Crippen molar-refractivity contribution in [3.8, 4) is 0 Å². The van der Waals surface area contributed by atoms with E-state index in [0.717, 1.165) is 25.8 Å². The van der Waals surface area contributed by atoms with Crippen molar-refractivity contribution >= 4 is 23.1 Å². The maximum atomic E-state index is 12.4. The van der Waals surface area contributed by atoms with E-state index >= 15 is 0 Å². The number of nitrogens with two attached hydrogens (primary N) is 1. The van der Waals surface area contributed by atoms with Gasteiger partial charge in [0.05, 0.1) is 4.99 Å². The van der Waals surface area contributed by atoms with E-state index in [9.17, 15) is 4.79 Å². The number of hydrogen-bond donors (Lipinski definition) is 1. The van der Waals surface area contributed by atoms with Crippen molar-refractivity contribution in [2.24, 2.45) is 17.6 Å². The molecular formula is C14H24N2OS. The largest absolute Gasteiger partial charge is 0.393 e. The molecule has 102 valence electrons. The normalized spacial score (nSPS) is 27.8. The van der Waals surface area contributed by atoms with Gasteiger partial charge in [0.1, 0.15) is 0 Å². The monoisotopic (exact) mass is 268 g/mol. The fourth-order valence-corrected chi connectivity index (χ4v) is 3.09. The number of nitrogens with zero attached hydrogens (tertiary/aromatic N) is 1. The molecule has 1 amide bonds. The first-order chi connectivity index (χ1) is 8.59. The highest BCUT2D eigenvalue weighted by Gasteiger charge is 2.38. The van der Waals surface area contributed by atoms with E-state index in [1.807, 2.05) is 0 Å². The second kappa shape index (κ2) is 6.00. The molecule has 2 aliphatic carbocycles. The van der Waals surface area contributed by atoms with E-state index in [4.69, 9.17) is 18.0 Å². The Hall–Kier alpha value is -0.640. The summed E-state index contributed by atoms with van der Waals surface area (Å²) in [5.74, 6) is 1.27. The van der Waals surface area contributed by atoms with Crippen molar-refractivity contribution in [2.75, 3.05) is 6.54 Å². The van der Waals surface area contributed by atoms with Crippen molar-refractivity contribution in [2.45, 2.75) is 57.9 Å². The van der Waals surface area contributed by atoms with Crippen LogP contribution in [0.2, 0.25) is 0 Å². The summed E-state index contributed by atoms with van der Waals surface area (Å²) in [5, 5.41) is 0. The predicted molar refractivity (Wildman–Crippen MR) is 77.3 cm³/mol. The lowest BCUT2D eigenvalue weighted by Crippen LogP contribution is -2.47. The summed E-state index contributed by atoms with van der Waals surface area (Å²) in [6.45, 7) is 3.00. The lowest BCUT2D eigenvalue weighted by Gasteiger charge is -2.39. The Labute approximate surface area is 115 Å². The van der Waals surface area contributed by atoms with Gasteiger partial charge in [-0.1, -0.05) is 32.0 Å². The van der Waals surface area contributed by atoms with Crippen molar-refractivity contribution in [1.29, 1.82) is 0 Å². The number of thiocarbonyl (C=S) groups is 1. The molecule has 0 heterocycles. The van der Waals surface area contributed by atoms with E-state index in [1.54, 1.807) is 0 Å². The van der Waals surface area contributed by atoms with Crippen LogP contribution in [0.15, 0.2) is 0 Å². The number of rotatable bonds is 5. The highest BCUT2D eigenvalue weighted by atomic mass is 32.1. The third-order valence-corrected chi connectivity index (χ3v) is 4.48. The molecule has 2 atom stereocenters. The van der Waals surface area contributed by atoms with Crippen molar-refractivity contribution in [1.82, 2.24) is 4.90 Å². The molecule has 0 aliphatic heterocycles. The second-order valence-electron chi connectivity index (χ2n) is 5.85. The zero-order chi connectivity index (χ0) is 13.1. The van der Waals surface area contributed by atoms with E-state index in [2.05, 4.69) is 11.8 Å². The van der Waals surface area contributed by atoms with Crippen molar-refractivity contribution in [3.63, 3.8) is 0 Å². The number of carbonyl (C=O) groups is 1. The summed E-state index contributed by atoms with van der Waals surface area (Å²) in [7, 11) is 0. The Bertz CT molecular complexity index is 328. The Morgan fingerprint density at radius 3 is 2.50 bits per heavy atom. The van der Waals surface area contributed by atoms with Gasteiger partial charge in [0.15, 0.2) is 0 Å². The van der Waals surface area contributed by atoms with Crippen LogP contribution in [0, 0.1) is 11.8 Å². The van der Waals surface area contributed by atoms with Crippen LogP contribution in [0.5, 0.6) is 0 Å². The van der Waals surface area contributed by atoms with Gasteiger partial charge in [-0.3, -0.25) is 4.79 Å². The third-order valence-electron chi connectivity index (χ3n) is 4.28. The minimum atomic E-state index is 0.297. The summed E-state index contributed by atoms with van der Waals surface area (Å²) in [6.07, 6.45) is 7.75. The van der Waals surface area contributed by atoms with Gasteiger partial charge in [0.2, 0.25) is 5.91 Å². The van der Waals surface area contributed by atoms with E-state index < -0.39 is 0 Å². The molecule has 0 bridgehead atoms. The summed E-state index contributed by atoms with van der Waals surface area (Å²) in [6, 6.07) is 0.418. The lowest BCUT2D eigenvalue weighted by molar-refractivity contribution is -0.136. The van der Waals surface area contributed by atoms with Gasteiger partial charge >= 0.3 is 0 Å². The quantitative estimate of drug-likeness (QED) is 0.779. The summed E-state index contributed by atoms with van der Waals surface area (Å²) in [4.78, 5) is 15.0. The van der Waals surface area contributed by atoms with Gasteiger partial charge in [0.25, 0.3) is 0 Å². The minimum Gasteiger partial charge on any atom is -0.393 e. The maximum Gasteiger partial charge on any atom is 0.225 e. The zero-order valence-electron chi connectivity index (χ0n) is 11.2. The van der Waals surface area contributed by atoms with Crippen LogP contribution in [-0.4, -0.2) is 28.4 Å². The first kappa shape index (κ1) is 13.8. The molecule has 4 heteroatoms. The van der Waals surface area contributed by atoms with E-state index in [1.165, 1.54) is 19.3 Å². The van der Waals surface area contributed by atoms with Gasteiger partial charge in [-0.25, -0.2) is 0 Å². The molecule has 2 unspecified atom stereocenters. The average Bonchev–Trinajstić information content (AvgIpc) is 3.14. The van der Waals surface area contributed by atoms with Crippen LogP contribution in [0.1, 0.15) is 51.9 Å². The first-order valence-corrected chi connectivity index (χ1v) is 7.59. The number of hydrogen-bond acceptors (Lipinski definition) is 2.